The smallest absolute Gasteiger partial charge is 0.325 e. The molecule has 0 unspecified atom stereocenters. The van der Waals surface area contributed by atoms with Crippen LogP contribution in [0.4, 0.5) is 0 Å². The highest BCUT2D eigenvalue weighted by Gasteiger charge is 2.11. The molecule has 1 amide bonds. The molecule has 2 aromatic heterocycles. The zero-order chi connectivity index (χ0) is 15.2. The zero-order valence-electron chi connectivity index (χ0n) is 10.9. The molecule has 0 aliphatic heterocycles. The summed E-state index contributed by atoms with van der Waals surface area (Å²) < 4.78 is 0. The number of aromatic nitrogens is 2. The van der Waals surface area contributed by atoms with E-state index >= 15 is 0 Å². The summed E-state index contributed by atoms with van der Waals surface area (Å²) in [5, 5.41) is 4.46. The molecule has 0 saturated carbocycles. The number of carbonyl (C=O) groups is 1. The van der Waals surface area contributed by atoms with E-state index in [9.17, 15) is 14.4 Å². The van der Waals surface area contributed by atoms with Crippen LogP contribution in [0.15, 0.2) is 27.2 Å². The maximum atomic E-state index is 11.9. The van der Waals surface area contributed by atoms with E-state index in [0.29, 0.717) is 0 Å². The van der Waals surface area contributed by atoms with Gasteiger partial charge in [0, 0.05) is 16.6 Å². The lowest BCUT2D eigenvalue weighted by atomic mass is 10.2. The van der Waals surface area contributed by atoms with E-state index in [1.807, 2.05) is 16.4 Å². The van der Waals surface area contributed by atoms with Crippen molar-refractivity contribution in [2.45, 2.75) is 6.54 Å². The van der Waals surface area contributed by atoms with Crippen molar-refractivity contribution < 1.29 is 4.79 Å². The van der Waals surface area contributed by atoms with Crippen LogP contribution in [0.3, 0.4) is 0 Å². The minimum Gasteiger partial charge on any atom is -0.347 e. The van der Waals surface area contributed by atoms with Crippen LogP contribution >= 0.6 is 11.3 Å². The highest BCUT2D eigenvalue weighted by Crippen LogP contribution is 2.15. The Labute approximate surface area is 123 Å². The fourth-order valence-electron chi connectivity index (χ4n) is 1.57. The van der Waals surface area contributed by atoms with Crippen LogP contribution in [0.1, 0.15) is 20.8 Å². The van der Waals surface area contributed by atoms with Crippen LogP contribution in [-0.2, 0) is 6.54 Å². The van der Waals surface area contributed by atoms with Gasteiger partial charge in [-0.2, -0.15) is 0 Å². The second-order valence-electron chi connectivity index (χ2n) is 3.93. The summed E-state index contributed by atoms with van der Waals surface area (Å²) in [7, 11) is 0. The summed E-state index contributed by atoms with van der Waals surface area (Å²) in [5.74, 6) is 5.08. The molecule has 2 rings (SSSR count). The van der Waals surface area contributed by atoms with Crippen molar-refractivity contribution in [1.29, 1.82) is 0 Å². The third-order valence-electron chi connectivity index (χ3n) is 2.54. The Morgan fingerprint density at radius 2 is 2.24 bits per heavy atom. The third kappa shape index (κ3) is 3.68. The molecule has 5 N–H and O–H groups in total. The Hall–Kier alpha value is -2.63. The summed E-state index contributed by atoms with van der Waals surface area (Å²) in [6.07, 6.45) is 1.08. The number of nitrogens with two attached hydrogens (primary N) is 1. The SMILES string of the molecule is NCC#Cc1ccsc1CNC(=O)c1c[nH]c(=O)[nH]c1=O. The first-order chi connectivity index (χ1) is 10.1. The van der Waals surface area contributed by atoms with E-state index in [2.05, 4.69) is 22.1 Å². The van der Waals surface area contributed by atoms with Crippen molar-refractivity contribution in [2.75, 3.05) is 6.54 Å². The fourth-order valence-corrected chi connectivity index (χ4v) is 2.34. The first-order valence-corrected chi connectivity index (χ1v) is 6.85. The summed E-state index contributed by atoms with van der Waals surface area (Å²) in [5.41, 5.74) is 4.57. The molecule has 2 aromatic rings. The molecule has 0 saturated heterocycles. The number of hydrogen-bond donors (Lipinski definition) is 4. The zero-order valence-corrected chi connectivity index (χ0v) is 11.7. The monoisotopic (exact) mass is 304 g/mol. The first kappa shape index (κ1) is 14.8. The molecule has 108 valence electrons. The van der Waals surface area contributed by atoms with E-state index in [-0.39, 0.29) is 18.7 Å². The Kier molecular flexibility index (Phi) is 4.71. The highest BCUT2D eigenvalue weighted by molar-refractivity contribution is 7.10. The number of amides is 1. The summed E-state index contributed by atoms with van der Waals surface area (Å²) in [4.78, 5) is 39.4. The Morgan fingerprint density at radius 3 is 2.95 bits per heavy atom. The van der Waals surface area contributed by atoms with Gasteiger partial charge in [-0.3, -0.25) is 14.6 Å². The standard InChI is InChI=1S/C13H12N4O3S/c14-4-1-2-8-3-5-21-10(8)7-15-11(18)9-6-16-13(20)17-12(9)19/h3,5-6H,4,7,14H2,(H,15,18)(H2,16,17,19,20). The quantitative estimate of drug-likeness (QED) is 0.564. The third-order valence-corrected chi connectivity index (χ3v) is 3.46. The minimum atomic E-state index is -0.731. The average molecular weight is 304 g/mol. The van der Waals surface area contributed by atoms with Gasteiger partial charge >= 0.3 is 5.69 Å². The van der Waals surface area contributed by atoms with Crippen molar-refractivity contribution in [1.82, 2.24) is 15.3 Å². The van der Waals surface area contributed by atoms with E-state index in [0.717, 1.165) is 16.6 Å². The molecular formula is C13H12N4O3S. The fraction of sp³-hybridized carbons (Fsp3) is 0.154. The lowest BCUT2D eigenvalue weighted by Crippen LogP contribution is -2.33. The first-order valence-electron chi connectivity index (χ1n) is 5.97. The number of hydrogen-bond acceptors (Lipinski definition) is 5. The number of aromatic amines is 2. The molecule has 0 aromatic carbocycles. The van der Waals surface area contributed by atoms with Crippen LogP contribution in [0.25, 0.3) is 0 Å². The van der Waals surface area contributed by atoms with Crippen molar-refractivity contribution in [3.63, 3.8) is 0 Å². The number of thiophene rings is 1. The number of H-pyrrole nitrogens is 2. The van der Waals surface area contributed by atoms with Crippen LogP contribution < -0.4 is 22.3 Å². The predicted molar refractivity (Wildman–Crippen MR) is 79.1 cm³/mol. The van der Waals surface area contributed by atoms with Gasteiger partial charge in [0.25, 0.3) is 11.5 Å². The van der Waals surface area contributed by atoms with E-state index < -0.39 is 17.2 Å². The Morgan fingerprint density at radius 1 is 1.43 bits per heavy atom. The maximum absolute atomic E-state index is 11.9. The van der Waals surface area contributed by atoms with Gasteiger partial charge in [-0.15, -0.1) is 11.3 Å². The minimum absolute atomic E-state index is 0.152. The molecule has 0 atom stereocenters. The molecular weight excluding hydrogens is 292 g/mol. The highest BCUT2D eigenvalue weighted by atomic mass is 32.1. The van der Waals surface area contributed by atoms with Gasteiger partial charge in [0.05, 0.1) is 13.1 Å². The Balaban J connectivity index is 2.10. The van der Waals surface area contributed by atoms with Gasteiger partial charge < -0.3 is 16.0 Å². The molecule has 0 fully saturated rings. The van der Waals surface area contributed by atoms with Crippen LogP contribution in [0.2, 0.25) is 0 Å². The predicted octanol–water partition coefficient (Wildman–Crippen LogP) is -0.635. The summed E-state index contributed by atoms with van der Waals surface area (Å²) in [6.45, 7) is 0.498. The van der Waals surface area contributed by atoms with Gasteiger partial charge in [0.15, 0.2) is 0 Å². The second-order valence-corrected chi connectivity index (χ2v) is 4.93. The largest absolute Gasteiger partial charge is 0.347 e. The van der Waals surface area contributed by atoms with Gasteiger partial charge in [0.2, 0.25) is 0 Å². The van der Waals surface area contributed by atoms with Crippen LogP contribution in [0, 0.1) is 11.8 Å². The van der Waals surface area contributed by atoms with Crippen molar-refractivity contribution >= 4 is 17.2 Å². The summed E-state index contributed by atoms with van der Waals surface area (Å²) in [6, 6.07) is 1.83. The Bertz CT molecular complexity index is 822. The van der Waals surface area contributed by atoms with Gasteiger partial charge in [-0.25, -0.2) is 4.79 Å². The van der Waals surface area contributed by atoms with Crippen molar-refractivity contribution in [2.24, 2.45) is 5.73 Å². The summed E-state index contributed by atoms with van der Waals surface area (Å²) >= 11 is 1.44. The molecule has 0 aliphatic carbocycles. The molecule has 0 radical (unpaired) electrons. The molecule has 0 aliphatic rings. The van der Waals surface area contributed by atoms with Gasteiger partial charge in [-0.1, -0.05) is 11.8 Å². The van der Waals surface area contributed by atoms with Gasteiger partial charge in [0.1, 0.15) is 5.56 Å². The lowest BCUT2D eigenvalue weighted by Gasteiger charge is -2.03. The lowest BCUT2D eigenvalue weighted by molar-refractivity contribution is 0.0949. The number of nitrogens with one attached hydrogen (secondary N) is 3. The van der Waals surface area contributed by atoms with E-state index in [1.54, 1.807) is 0 Å². The second kappa shape index (κ2) is 6.69. The normalized spacial score (nSPS) is 9.76. The van der Waals surface area contributed by atoms with Crippen molar-refractivity contribution in [3.8, 4) is 11.8 Å². The van der Waals surface area contributed by atoms with E-state index in [1.165, 1.54) is 11.3 Å². The average Bonchev–Trinajstić information content (AvgIpc) is 2.90. The molecule has 21 heavy (non-hydrogen) atoms. The molecule has 0 bridgehead atoms. The maximum Gasteiger partial charge on any atom is 0.325 e. The van der Waals surface area contributed by atoms with Crippen LogP contribution in [0.5, 0.6) is 0 Å². The molecule has 2 heterocycles. The molecule has 0 spiro atoms. The van der Waals surface area contributed by atoms with Crippen molar-refractivity contribution in [3.05, 3.63) is 54.5 Å². The van der Waals surface area contributed by atoms with Crippen LogP contribution in [-0.4, -0.2) is 22.4 Å². The number of rotatable bonds is 3. The number of carbonyl (C=O) groups excluding carboxylic acids is 1. The molecule has 7 nitrogen and oxygen atoms in total. The topological polar surface area (TPSA) is 121 Å². The van der Waals surface area contributed by atoms with E-state index in [4.69, 9.17) is 5.73 Å². The molecule has 8 heteroatoms. The van der Waals surface area contributed by atoms with Gasteiger partial charge in [-0.05, 0) is 11.4 Å².